The molecular weight excluding hydrogens is 463 g/mol. The summed E-state index contributed by atoms with van der Waals surface area (Å²) in [5.41, 5.74) is 3.98. The highest BCUT2D eigenvalue weighted by molar-refractivity contribution is 5.97. The van der Waals surface area contributed by atoms with Crippen LogP contribution in [0.25, 0.3) is 10.9 Å². The van der Waals surface area contributed by atoms with E-state index in [1.54, 1.807) is 29.2 Å². The zero-order chi connectivity index (χ0) is 25.0. The first-order chi connectivity index (χ1) is 17.4. The summed E-state index contributed by atoms with van der Waals surface area (Å²) in [6, 6.07) is 18.7. The Kier molecular flexibility index (Phi) is 5.24. The summed E-state index contributed by atoms with van der Waals surface area (Å²) >= 11 is 0. The Labute approximate surface area is 205 Å². The van der Waals surface area contributed by atoms with Gasteiger partial charge in [-0.15, -0.1) is 0 Å². The van der Waals surface area contributed by atoms with Gasteiger partial charge in [0, 0.05) is 29.6 Å². The van der Waals surface area contributed by atoms with E-state index >= 15 is 0 Å². The Balaban J connectivity index is 1.45. The number of aromatic nitrogens is 1. The molecule has 2 amide bonds. The van der Waals surface area contributed by atoms with Gasteiger partial charge in [0.1, 0.15) is 18.4 Å². The topological polar surface area (TPSA) is 103 Å². The molecule has 3 heterocycles. The number of benzene rings is 3. The maximum absolute atomic E-state index is 13.7. The van der Waals surface area contributed by atoms with Crippen LogP contribution in [0.1, 0.15) is 28.4 Å². The predicted molar refractivity (Wildman–Crippen MR) is 130 cm³/mol. The van der Waals surface area contributed by atoms with Crippen molar-refractivity contribution in [2.75, 3.05) is 11.8 Å². The van der Waals surface area contributed by atoms with Gasteiger partial charge in [0.2, 0.25) is 11.8 Å². The molecule has 182 valence electrons. The molecule has 1 aromatic heterocycles. The molecule has 0 radical (unpaired) electrons. The Bertz CT molecular complexity index is 1480. The summed E-state index contributed by atoms with van der Waals surface area (Å²) in [4.78, 5) is 33.9. The van der Waals surface area contributed by atoms with Crippen LogP contribution < -0.4 is 5.23 Å². The number of nitrogens with one attached hydrogen (secondary N) is 1. The number of hydrogen-bond acceptors (Lipinski definition) is 5. The van der Waals surface area contributed by atoms with Gasteiger partial charge in [-0.1, -0.05) is 42.5 Å². The Morgan fingerprint density at radius 2 is 1.83 bits per heavy atom. The lowest BCUT2D eigenvalue weighted by atomic mass is 9.86. The number of piperazine rings is 1. The van der Waals surface area contributed by atoms with Gasteiger partial charge in [-0.3, -0.25) is 14.8 Å². The van der Waals surface area contributed by atoms with Crippen LogP contribution in [0.4, 0.5) is 10.1 Å². The van der Waals surface area contributed by atoms with Crippen LogP contribution in [-0.4, -0.2) is 44.4 Å². The molecule has 2 N–H and O–H groups in total. The molecule has 2 aliphatic heterocycles. The second-order valence-electron chi connectivity index (χ2n) is 9.17. The SMILES string of the molecule is O=C1C2Cc3c([nH]c4ccccc34)C(c3cccc(N([O-])O)c3)N2C(=O)CN1Cc1ccc(F)cc1. The molecular formula is C27H22FN4O4-. The molecule has 0 aliphatic carbocycles. The van der Waals surface area contributed by atoms with E-state index in [2.05, 4.69) is 4.98 Å². The van der Waals surface area contributed by atoms with Crippen LogP contribution in [-0.2, 0) is 22.6 Å². The first-order valence-corrected chi connectivity index (χ1v) is 11.6. The summed E-state index contributed by atoms with van der Waals surface area (Å²) < 4.78 is 13.4. The molecule has 2 aliphatic rings. The minimum atomic E-state index is -0.746. The lowest BCUT2D eigenvalue weighted by Crippen LogP contribution is -2.62. The normalized spacial score (nSPS) is 19.4. The number of aromatic amines is 1. The molecule has 1 fully saturated rings. The largest absolute Gasteiger partial charge is 0.733 e. The van der Waals surface area contributed by atoms with Crippen LogP contribution >= 0.6 is 0 Å². The van der Waals surface area contributed by atoms with Crippen molar-refractivity contribution in [3.05, 3.63) is 106 Å². The van der Waals surface area contributed by atoms with E-state index in [0.717, 1.165) is 27.7 Å². The van der Waals surface area contributed by atoms with Crippen LogP contribution in [0.15, 0.2) is 72.8 Å². The highest BCUT2D eigenvalue weighted by Gasteiger charge is 2.48. The monoisotopic (exact) mass is 485 g/mol. The molecule has 0 spiro atoms. The number of H-pyrrole nitrogens is 1. The molecule has 6 rings (SSSR count). The smallest absolute Gasteiger partial charge is 0.246 e. The Morgan fingerprint density at radius 1 is 1.06 bits per heavy atom. The van der Waals surface area contributed by atoms with E-state index in [1.165, 1.54) is 29.2 Å². The Hall–Kier alpha value is -4.21. The molecule has 8 nitrogen and oxygen atoms in total. The van der Waals surface area contributed by atoms with Crippen molar-refractivity contribution >= 4 is 28.4 Å². The van der Waals surface area contributed by atoms with Gasteiger partial charge < -0.3 is 25.2 Å². The molecule has 2 atom stereocenters. The first kappa shape index (κ1) is 22.3. The van der Waals surface area contributed by atoms with Gasteiger partial charge in [0.05, 0.1) is 11.7 Å². The maximum atomic E-state index is 13.7. The number of para-hydroxylation sites is 1. The van der Waals surface area contributed by atoms with E-state index in [-0.39, 0.29) is 41.6 Å². The van der Waals surface area contributed by atoms with Crippen molar-refractivity contribution < 1.29 is 19.2 Å². The number of nitrogens with zero attached hydrogens (tertiary/aromatic N) is 3. The summed E-state index contributed by atoms with van der Waals surface area (Å²) in [6.07, 6.45) is 0.341. The van der Waals surface area contributed by atoms with Gasteiger partial charge in [-0.2, -0.15) is 0 Å². The van der Waals surface area contributed by atoms with Crippen LogP contribution in [0.5, 0.6) is 0 Å². The highest BCUT2D eigenvalue weighted by Crippen LogP contribution is 2.43. The number of anilines is 1. The maximum Gasteiger partial charge on any atom is 0.246 e. The van der Waals surface area contributed by atoms with Crippen molar-refractivity contribution in [2.24, 2.45) is 0 Å². The van der Waals surface area contributed by atoms with Gasteiger partial charge >= 0.3 is 0 Å². The third-order valence-electron chi connectivity index (χ3n) is 7.04. The van der Waals surface area contributed by atoms with E-state index in [4.69, 9.17) is 0 Å². The number of carbonyl (C=O) groups is 2. The van der Waals surface area contributed by atoms with Crippen molar-refractivity contribution in [3.8, 4) is 0 Å². The average molecular weight is 485 g/mol. The fraction of sp³-hybridized carbons (Fsp3) is 0.185. The van der Waals surface area contributed by atoms with Crippen LogP contribution in [0, 0.1) is 11.0 Å². The second-order valence-corrected chi connectivity index (χ2v) is 9.17. The van der Waals surface area contributed by atoms with Crippen LogP contribution in [0.2, 0.25) is 0 Å². The number of hydrogen-bond donors (Lipinski definition) is 2. The highest BCUT2D eigenvalue weighted by atomic mass is 19.1. The van der Waals surface area contributed by atoms with E-state index in [9.17, 15) is 24.4 Å². The average Bonchev–Trinajstić information content (AvgIpc) is 3.25. The molecule has 0 saturated carbocycles. The van der Waals surface area contributed by atoms with Crippen molar-refractivity contribution in [3.63, 3.8) is 0 Å². The third kappa shape index (κ3) is 3.60. The second kappa shape index (κ2) is 8.47. The first-order valence-electron chi connectivity index (χ1n) is 11.6. The fourth-order valence-electron chi connectivity index (χ4n) is 5.43. The van der Waals surface area contributed by atoms with E-state index < -0.39 is 12.1 Å². The number of amides is 2. The molecule has 0 bridgehead atoms. The number of rotatable bonds is 4. The lowest BCUT2D eigenvalue weighted by molar-refractivity contribution is -0.159. The van der Waals surface area contributed by atoms with E-state index in [1.807, 2.05) is 24.3 Å². The molecule has 2 unspecified atom stereocenters. The molecule has 36 heavy (non-hydrogen) atoms. The van der Waals surface area contributed by atoms with Gasteiger partial charge in [0.15, 0.2) is 0 Å². The van der Waals surface area contributed by atoms with Gasteiger partial charge in [-0.05, 0) is 47.0 Å². The lowest BCUT2D eigenvalue weighted by Gasteiger charge is -2.47. The standard InChI is InChI=1S/C27H22FN4O4/c28-18-10-8-16(9-11-18)14-30-15-24(33)31-23(27(30)34)13-21-20-6-1-2-7-22(20)29-25(21)26(31)17-4-3-5-19(12-17)32(35)36/h1-12,23,26,29,35H,13-15H2/q-1. The summed E-state index contributed by atoms with van der Waals surface area (Å²) in [5, 5.41) is 21.8. The fourth-order valence-corrected chi connectivity index (χ4v) is 5.43. The summed E-state index contributed by atoms with van der Waals surface area (Å²) in [5.74, 6) is -0.789. The minimum absolute atomic E-state index is 0.0287. The molecule has 4 aromatic rings. The summed E-state index contributed by atoms with van der Waals surface area (Å²) in [7, 11) is 0. The van der Waals surface area contributed by atoms with Gasteiger partial charge in [0.25, 0.3) is 0 Å². The molecule has 1 saturated heterocycles. The third-order valence-corrected chi connectivity index (χ3v) is 7.04. The van der Waals surface area contributed by atoms with Crippen molar-refractivity contribution in [1.82, 2.24) is 14.8 Å². The van der Waals surface area contributed by atoms with Crippen molar-refractivity contribution in [1.29, 1.82) is 0 Å². The van der Waals surface area contributed by atoms with Crippen molar-refractivity contribution in [2.45, 2.75) is 25.0 Å². The molecule has 3 aromatic carbocycles. The number of carbonyl (C=O) groups excluding carboxylic acids is 2. The quantitative estimate of drug-likeness (QED) is 0.427. The van der Waals surface area contributed by atoms with Crippen LogP contribution in [0.3, 0.4) is 0 Å². The zero-order valence-corrected chi connectivity index (χ0v) is 19.1. The number of fused-ring (bicyclic) bond motifs is 4. The zero-order valence-electron chi connectivity index (χ0n) is 19.1. The molecule has 9 heteroatoms. The minimum Gasteiger partial charge on any atom is -0.733 e. The van der Waals surface area contributed by atoms with E-state index in [0.29, 0.717) is 12.0 Å². The van der Waals surface area contributed by atoms with Gasteiger partial charge in [-0.25, -0.2) is 4.39 Å². The Morgan fingerprint density at radius 3 is 2.61 bits per heavy atom. The summed E-state index contributed by atoms with van der Waals surface area (Å²) in [6.45, 7) is 0.0812. The predicted octanol–water partition coefficient (Wildman–Crippen LogP) is 3.89. The number of halogens is 1.